The van der Waals surface area contributed by atoms with Crippen LogP contribution in [0, 0.1) is 0 Å². The average molecular weight is 346 g/mol. The minimum atomic E-state index is -3.33. The number of sulfonamides is 1. The van der Waals surface area contributed by atoms with Crippen LogP contribution in [0.25, 0.3) is 0 Å². The van der Waals surface area contributed by atoms with E-state index in [0.717, 1.165) is 0 Å². The van der Waals surface area contributed by atoms with Gasteiger partial charge in [-0.1, -0.05) is 29.3 Å². The Hall–Kier alpha value is -1.50. The predicted octanol–water partition coefficient (Wildman–Crippen LogP) is 3.89. The van der Waals surface area contributed by atoms with E-state index in [1.807, 2.05) is 0 Å². The Kier molecular flexibility index (Phi) is 4.92. The molecule has 0 spiro atoms. The van der Waals surface area contributed by atoms with E-state index in [4.69, 9.17) is 23.2 Å². The van der Waals surface area contributed by atoms with Crippen molar-refractivity contribution in [3.05, 3.63) is 46.6 Å². The zero-order valence-electron chi connectivity index (χ0n) is 11.1. The molecular formula is C13H13Cl2N3O2S. The summed E-state index contributed by atoms with van der Waals surface area (Å²) in [5.41, 5.74) is 1.22. The lowest BCUT2D eigenvalue weighted by molar-refractivity contribution is 0.602. The second kappa shape index (κ2) is 6.51. The van der Waals surface area contributed by atoms with Crippen molar-refractivity contribution in [2.75, 3.05) is 15.8 Å². The SMILES string of the molecule is CCS(=O)(=O)Nc1ccc(Nc2c(Cl)cccc2Cl)cn1. The van der Waals surface area contributed by atoms with Gasteiger partial charge in [-0.3, -0.25) is 4.72 Å². The number of pyridine rings is 1. The van der Waals surface area contributed by atoms with Crippen molar-refractivity contribution >= 4 is 50.4 Å². The van der Waals surface area contributed by atoms with Crippen molar-refractivity contribution in [2.24, 2.45) is 0 Å². The highest BCUT2D eigenvalue weighted by Gasteiger charge is 2.09. The number of benzene rings is 1. The molecule has 0 saturated carbocycles. The zero-order valence-corrected chi connectivity index (χ0v) is 13.4. The van der Waals surface area contributed by atoms with Crippen molar-refractivity contribution in [1.29, 1.82) is 0 Å². The number of hydrogen-bond donors (Lipinski definition) is 2. The first-order chi connectivity index (χ1) is 9.91. The van der Waals surface area contributed by atoms with Gasteiger partial charge in [0.05, 0.1) is 33.4 Å². The molecule has 5 nitrogen and oxygen atoms in total. The average Bonchev–Trinajstić information content (AvgIpc) is 2.45. The van der Waals surface area contributed by atoms with E-state index in [1.165, 1.54) is 6.20 Å². The van der Waals surface area contributed by atoms with Gasteiger partial charge in [0.2, 0.25) is 10.0 Å². The van der Waals surface area contributed by atoms with E-state index in [2.05, 4.69) is 15.0 Å². The van der Waals surface area contributed by atoms with Gasteiger partial charge in [-0.05, 0) is 31.2 Å². The Balaban J connectivity index is 2.17. The highest BCUT2D eigenvalue weighted by Crippen LogP contribution is 2.32. The van der Waals surface area contributed by atoms with Gasteiger partial charge in [0.25, 0.3) is 0 Å². The maximum atomic E-state index is 11.4. The van der Waals surface area contributed by atoms with E-state index in [0.29, 0.717) is 21.4 Å². The van der Waals surface area contributed by atoms with Crippen LogP contribution in [0.1, 0.15) is 6.92 Å². The minimum Gasteiger partial charge on any atom is -0.352 e. The van der Waals surface area contributed by atoms with E-state index in [-0.39, 0.29) is 11.6 Å². The number of rotatable bonds is 5. The van der Waals surface area contributed by atoms with Gasteiger partial charge in [-0.25, -0.2) is 13.4 Å². The molecule has 2 rings (SSSR count). The van der Waals surface area contributed by atoms with Crippen LogP contribution in [-0.4, -0.2) is 19.2 Å². The molecule has 8 heteroatoms. The lowest BCUT2D eigenvalue weighted by Crippen LogP contribution is -2.15. The van der Waals surface area contributed by atoms with Crippen molar-refractivity contribution in [2.45, 2.75) is 6.92 Å². The molecule has 0 fully saturated rings. The fraction of sp³-hybridized carbons (Fsp3) is 0.154. The summed E-state index contributed by atoms with van der Waals surface area (Å²) in [6.07, 6.45) is 1.49. The Morgan fingerprint density at radius 3 is 2.33 bits per heavy atom. The monoisotopic (exact) mass is 345 g/mol. The molecule has 112 valence electrons. The number of nitrogens with one attached hydrogen (secondary N) is 2. The first-order valence-electron chi connectivity index (χ1n) is 6.09. The summed E-state index contributed by atoms with van der Waals surface area (Å²) in [6.45, 7) is 1.55. The predicted molar refractivity (Wildman–Crippen MR) is 87.1 cm³/mol. The van der Waals surface area contributed by atoms with Crippen LogP contribution in [-0.2, 0) is 10.0 Å². The molecular weight excluding hydrogens is 333 g/mol. The fourth-order valence-corrected chi connectivity index (χ4v) is 2.60. The van der Waals surface area contributed by atoms with Crippen molar-refractivity contribution in [1.82, 2.24) is 4.98 Å². The smallest absolute Gasteiger partial charge is 0.233 e. The zero-order chi connectivity index (χ0) is 15.5. The number of aromatic nitrogens is 1. The first-order valence-corrected chi connectivity index (χ1v) is 8.49. The van der Waals surface area contributed by atoms with Crippen molar-refractivity contribution < 1.29 is 8.42 Å². The maximum absolute atomic E-state index is 11.4. The Morgan fingerprint density at radius 1 is 1.14 bits per heavy atom. The standard InChI is InChI=1S/C13H13Cl2N3O2S/c1-2-21(19,20)18-12-7-6-9(8-16-12)17-13-10(14)4-3-5-11(13)15/h3-8,17H,2H2,1H3,(H,16,18). The fourth-order valence-electron chi connectivity index (χ4n) is 1.52. The summed E-state index contributed by atoms with van der Waals surface area (Å²) in [6, 6.07) is 8.41. The number of para-hydroxylation sites is 1. The number of nitrogens with zero attached hydrogens (tertiary/aromatic N) is 1. The van der Waals surface area contributed by atoms with Gasteiger partial charge < -0.3 is 5.32 Å². The summed E-state index contributed by atoms with van der Waals surface area (Å²) in [7, 11) is -3.33. The Bertz CT molecular complexity index is 713. The largest absolute Gasteiger partial charge is 0.352 e. The first kappa shape index (κ1) is 15.9. The van der Waals surface area contributed by atoms with E-state index >= 15 is 0 Å². The highest BCUT2D eigenvalue weighted by atomic mass is 35.5. The van der Waals surface area contributed by atoms with Gasteiger partial charge in [-0.2, -0.15) is 0 Å². The van der Waals surface area contributed by atoms with Gasteiger partial charge in [0.1, 0.15) is 5.82 Å². The lowest BCUT2D eigenvalue weighted by Gasteiger charge is -2.11. The second-order valence-corrected chi connectivity index (χ2v) is 6.98. The van der Waals surface area contributed by atoms with Gasteiger partial charge >= 0.3 is 0 Å². The molecule has 0 bridgehead atoms. The number of hydrogen-bond acceptors (Lipinski definition) is 4. The summed E-state index contributed by atoms with van der Waals surface area (Å²) in [5.74, 6) is 0.247. The molecule has 0 aliphatic carbocycles. The molecule has 1 heterocycles. The van der Waals surface area contributed by atoms with Crippen molar-refractivity contribution in [3.63, 3.8) is 0 Å². The van der Waals surface area contributed by atoms with Crippen LogP contribution in [0.15, 0.2) is 36.5 Å². The molecule has 21 heavy (non-hydrogen) atoms. The Labute approximate surface area is 133 Å². The van der Waals surface area contributed by atoms with E-state index in [1.54, 1.807) is 37.3 Å². The topological polar surface area (TPSA) is 71.1 Å². The molecule has 0 radical (unpaired) electrons. The van der Waals surface area contributed by atoms with E-state index in [9.17, 15) is 8.42 Å². The van der Waals surface area contributed by atoms with Crippen molar-refractivity contribution in [3.8, 4) is 0 Å². The van der Waals surface area contributed by atoms with Crippen LogP contribution in [0.5, 0.6) is 0 Å². The third-order valence-corrected chi connectivity index (χ3v) is 4.55. The van der Waals surface area contributed by atoms with Crippen LogP contribution in [0.4, 0.5) is 17.2 Å². The lowest BCUT2D eigenvalue weighted by atomic mass is 10.3. The van der Waals surface area contributed by atoms with Crippen LogP contribution < -0.4 is 10.0 Å². The number of anilines is 3. The van der Waals surface area contributed by atoms with Crippen LogP contribution in [0.2, 0.25) is 10.0 Å². The molecule has 1 aromatic heterocycles. The highest BCUT2D eigenvalue weighted by molar-refractivity contribution is 7.92. The molecule has 0 aliphatic rings. The molecule has 1 aromatic carbocycles. The third-order valence-electron chi connectivity index (χ3n) is 2.64. The molecule has 0 aliphatic heterocycles. The Morgan fingerprint density at radius 2 is 1.81 bits per heavy atom. The van der Waals surface area contributed by atoms with Gasteiger partial charge in [0, 0.05) is 0 Å². The third kappa shape index (κ3) is 4.23. The molecule has 2 N–H and O–H groups in total. The molecule has 0 saturated heterocycles. The van der Waals surface area contributed by atoms with Gasteiger partial charge in [-0.15, -0.1) is 0 Å². The quantitative estimate of drug-likeness (QED) is 0.862. The number of halogens is 2. The molecule has 0 atom stereocenters. The summed E-state index contributed by atoms with van der Waals surface area (Å²) >= 11 is 12.1. The van der Waals surface area contributed by atoms with Gasteiger partial charge in [0.15, 0.2) is 0 Å². The van der Waals surface area contributed by atoms with Crippen LogP contribution in [0.3, 0.4) is 0 Å². The normalized spacial score (nSPS) is 11.2. The minimum absolute atomic E-state index is 0.0100. The summed E-state index contributed by atoms with van der Waals surface area (Å²) in [5, 5.41) is 4.01. The molecule has 0 unspecified atom stereocenters. The maximum Gasteiger partial charge on any atom is 0.233 e. The van der Waals surface area contributed by atoms with E-state index < -0.39 is 10.0 Å². The molecule has 0 amide bonds. The van der Waals surface area contributed by atoms with Crippen LogP contribution >= 0.6 is 23.2 Å². The summed E-state index contributed by atoms with van der Waals surface area (Å²) in [4.78, 5) is 4.03. The summed E-state index contributed by atoms with van der Waals surface area (Å²) < 4.78 is 25.2. The second-order valence-electron chi connectivity index (χ2n) is 4.16. The molecule has 2 aromatic rings.